The summed E-state index contributed by atoms with van der Waals surface area (Å²) in [5.41, 5.74) is 9.25. The topological polar surface area (TPSA) is 106 Å². The van der Waals surface area contributed by atoms with Crippen molar-refractivity contribution in [2.24, 2.45) is 11.7 Å². The number of fused-ring (bicyclic) bond motifs is 1. The van der Waals surface area contributed by atoms with Gasteiger partial charge in [-0.15, -0.1) is 0 Å². The molecule has 0 bridgehead atoms. The second-order valence-corrected chi connectivity index (χ2v) is 10.3. The molecule has 7 nitrogen and oxygen atoms in total. The van der Waals surface area contributed by atoms with Crippen molar-refractivity contribution < 1.29 is 13.2 Å². The number of hydrogen-bond donors (Lipinski definition) is 1. The lowest BCUT2D eigenvalue weighted by atomic mass is 9.94. The molecule has 29 heavy (non-hydrogen) atoms. The standard InChI is InChI=1S/C21H26N4O3S/c1-2-29(27,28)13-19(14-5-6-14)18-9-16(10-23-11-18)17-8-15-4-3-7-25(21(22)26)20(15)24-12-17/h8-12,14,19H,2-7,13H2,1H3,(H2,22,26). The highest BCUT2D eigenvalue weighted by molar-refractivity contribution is 7.91. The Labute approximate surface area is 171 Å². The number of rotatable bonds is 6. The van der Waals surface area contributed by atoms with Crippen LogP contribution in [0.5, 0.6) is 0 Å². The molecular formula is C21H26N4O3S. The van der Waals surface area contributed by atoms with Gasteiger partial charge in [0, 0.05) is 47.9 Å². The Bertz CT molecular complexity index is 1030. The first-order valence-electron chi connectivity index (χ1n) is 10.1. The minimum absolute atomic E-state index is 0.0108. The fourth-order valence-electron chi connectivity index (χ4n) is 4.05. The summed E-state index contributed by atoms with van der Waals surface area (Å²) in [6.07, 6.45) is 9.12. The van der Waals surface area contributed by atoms with Gasteiger partial charge in [-0.25, -0.2) is 18.2 Å². The number of aryl methyl sites for hydroxylation is 1. The summed E-state index contributed by atoms with van der Waals surface area (Å²) in [7, 11) is -3.07. The van der Waals surface area contributed by atoms with Crippen LogP contribution in [0.4, 0.5) is 10.6 Å². The molecule has 1 aliphatic heterocycles. The van der Waals surface area contributed by atoms with Crippen molar-refractivity contribution in [3.05, 3.63) is 41.9 Å². The number of aromatic nitrogens is 2. The first-order valence-corrected chi connectivity index (χ1v) is 11.9. The summed E-state index contributed by atoms with van der Waals surface area (Å²) in [6, 6.07) is 3.59. The Morgan fingerprint density at radius 3 is 2.69 bits per heavy atom. The maximum Gasteiger partial charge on any atom is 0.320 e. The molecule has 1 fully saturated rings. The van der Waals surface area contributed by atoms with E-state index in [4.69, 9.17) is 5.73 Å². The number of hydrogen-bond acceptors (Lipinski definition) is 5. The number of primary amides is 1. The van der Waals surface area contributed by atoms with E-state index >= 15 is 0 Å². The largest absolute Gasteiger partial charge is 0.351 e. The Hall–Kier alpha value is -2.48. The van der Waals surface area contributed by atoms with Crippen molar-refractivity contribution >= 4 is 21.7 Å². The fraction of sp³-hybridized carbons (Fsp3) is 0.476. The number of sulfone groups is 1. The summed E-state index contributed by atoms with van der Waals surface area (Å²) in [6.45, 7) is 2.28. The van der Waals surface area contributed by atoms with Gasteiger partial charge < -0.3 is 5.73 Å². The van der Waals surface area contributed by atoms with Gasteiger partial charge in [0.1, 0.15) is 5.82 Å². The summed E-state index contributed by atoms with van der Waals surface area (Å²) in [4.78, 5) is 22.0. The number of carbonyl (C=O) groups excluding carboxylic acids is 1. The second kappa shape index (κ2) is 7.74. The number of anilines is 1. The molecule has 2 amide bonds. The van der Waals surface area contributed by atoms with Gasteiger partial charge in [0.05, 0.1) is 5.75 Å². The summed E-state index contributed by atoms with van der Waals surface area (Å²) < 4.78 is 24.5. The van der Waals surface area contributed by atoms with Crippen LogP contribution in [0.25, 0.3) is 11.1 Å². The molecule has 2 aromatic rings. The molecule has 2 N–H and O–H groups in total. The number of amides is 2. The molecule has 0 aromatic carbocycles. The van der Waals surface area contributed by atoms with Crippen LogP contribution in [0.1, 0.15) is 43.2 Å². The number of pyridine rings is 2. The highest BCUT2D eigenvalue weighted by Gasteiger charge is 2.35. The summed E-state index contributed by atoms with van der Waals surface area (Å²) in [5, 5.41) is 0. The lowest BCUT2D eigenvalue weighted by molar-refractivity contribution is 0.253. The highest BCUT2D eigenvalue weighted by Crippen LogP contribution is 2.44. The van der Waals surface area contributed by atoms with Crippen molar-refractivity contribution in [2.75, 3.05) is 23.0 Å². The first kappa shape index (κ1) is 19.8. The monoisotopic (exact) mass is 414 g/mol. The lowest BCUT2D eigenvalue weighted by Gasteiger charge is -2.27. The highest BCUT2D eigenvalue weighted by atomic mass is 32.2. The molecule has 2 aliphatic rings. The van der Waals surface area contributed by atoms with E-state index in [1.165, 1.54) is 4.90 Å². The van der Waals surface area contributed by atoms with Gasteiger partial charge in [-0.3, -0.25) is 9.88 Å². The quantitative estimate of drug-likeness (QED) is 0.782. The molecule has 4 rings (SSSR count). The van der Waals surface area contributed by atoms with E-state index in [0.717, 1.165) is 47.9 Å². The van der Waals surface area contributed by atoms with E-state index in [1.807, 2.05) is 12.1 Å². The molecule has 1 atom stereocenters. The van der Waals surface area contributed by atoms with Crippen LogP contribution in [-0.2, 0) is 16.3 Å². The van der Waals surface area contributed by atoms with Gasteiger partial charge in [0.15, 0.2) is 9.84 Å². The first-order chi connectivity index (χ1) is 13.9. The maximum atomic E-state index is 12.2. The number of carbonyl (C=O) groups is 1. The zero-order valence-corrected chi connectivity index (χ0v) is 17.4. The predicted octanol–water partition coefficient (Wildman–Crippen LogP) is 2.90. The average molecular weight is 415 g/mol. The normalized spacial score (nSPS) is 17.6. The van der Waals surface area contributed by atoms with E-state index in [0.29, 0.717) is 18.3 Å². The Morgan fingerprint density at radius 1 is 1.24 bits per heavy atom. The van der Waals surface area contributed by atoms with Crippen LogP contribution in [0.15, 0.2) is 30.7 Å². The molecule has 8 heteroatoms. The zero-order valence-electron chi connectivity index (χ0n) is 16.5. The van der Waals surface area contributed by atoms with Gasteiger partial charge in [0.25, 0.3) is 0 Å². The molecule has 0 spiro atoms. The van der Waals surface area contributed by atoms with E-state index in [-0.39, 0.29) is 17.4 Å². The smallest absolute Gasteiger partial charge is 0.320 e. The van der Waals surface area contributed by atoms with Gasteiger partial charge >= 0.3 is 6.03 Å². The third-order valence-electron chi connectivity index (χ3n) is 5.88. The lowest BCUT2D eigenvalue weighted by Crippen LogP contribution is -2.40. The van der Waals surface area contributed by atoms with E-state index in [1.54, 1.807) is 25.5 Å². The predicted molar refractivity (Wildman–Crippen MR) is 113 cm³/mol. The van der Waals surface area contributed by atoms with E-state index in [2.05, 4.69) is 9.97 Å². The van der Waals surface area contributed by atoms with E-state index in [9.17, 15) is 13.2 Å². The van der Waals surface area contributed by atoms with Gasteiger partial charge in [0.2, 0.25) is 0 Å². The third-order valence-corrected chi connectivity index (χ3v) is 7.62. The molecule has 2 aromatic heterocycles. The minimum atomic E-state index is -3.07. The SMILES string of the molecule is CCS(=O)(=O)CC(c1cncc(-c2cnc3c(c2)CCCN3C(N)=O)c1)C1CC1. The van der Waals surface area contributed by atoms with Crippen LogP contribution in [0.3, 0.4) is 0 Å². The third kappa shape index (κ3) is 4.27. The number of urea groups is 1. The summed E-state index contributed by atoms with van der Waals surface area (Å²) in [5.74, 6) is 1.37. The van der Waals surface area contributed by atoms with Crippen LogP contribution < -0.4 is 10.6 Å². The van der Waals surface area contributed by atoms with Crippen LogP contribution in [0, 0.1) is 5.92 Å². The van der Waals surface area contributed by atoms with Crippen molar-refractivity contribution in [3.63, 3.8) is 0 Å². The maximum absolute atomic E-state index is 12.2. The molecule has 154 valence electrons. The van der Waals surface area contributed by atoms with Crippen molar-refractivity contribution in [3.8, 4) is 11.1 Å². The number of nitrogens with zero attached hydrogens (tertiary/aromatic N) is 3. The molecule has 1 unspecified atom stereocenters. The van der Waals surface area contributed by atoms with Crippen molar-refractivity contribution in [2.45, 2.75) is 38.5 Å². The molecule has 3 heterocycles. The van der Waals surface area contributed by atoms with Gasteiger partial charge in [-0.2, -0.15) is 0 Å². The Morgan fingerprint density at radius 2 is 2.00 bits per heavy atom. The van der Waals surface area contributed by atoms with Crippen molar-refractivity contribution in [1.82, 2.24) is 9.97 Å². The zero-order chi connectivity index (χ0) is 20.6. The van der Waals surface area contributed by atoms with Crippen LogP contribution in [-0.4, -0.2) is 42.5 Å². The average Bonchev–Trinajstić information content (AvgIpc) is 3.56. The molecule has 1 saturated carbocycles. The molecular weight excluding hydrogens is 388 g/mol. The van der Waals surface area contributed by atoms with Crippen LogP contribution >= 0.6 is 0 Å². The summed E-state index contributed by atoms with van der Waals surface area (Å²) >= 11 is 0. The molecule has 0 saturated heterocycles. The number of nitrogens with two attached hydrogens (primary N) is 1. The van der Waals surface area contributed by atoms with Crippen LogP contribution in [0.2, 0.25) is 0 Å². The fourth-order valence-corrected chi connectivity index (χ4v) is 5.30. The Balaban J connectivity index is 1.66. The second-order valence-electron chi connectivity index (χ2n) is 7.95. The molecule has 0 radical (unpaired) electrons. The molecule has 1 aliphatic carbocycles. The van der Waals surface area contributed by atoms with Gasteiger partial charge in [-0.05, 0) is 54.9 Å². The van der Waals surface area contributed by atoms with Crippen molar-refractivity contribution in [1.29, 1.82) is 0 Å². The van der Waals surface area contributed by atoms with Gasteiger partial charge in [-0.1, -0.05) is 6.92 Å². The van der Waals surface area contributed by atoms with E-state index < -0.39 is 15.9 Å². The minimum Gasteiger partial charge on any atom is -0.351 e. The Kier molecular flexibility index (Phi) is 5.29.